The van der Waals surface area contributed by atoms with Gasteiger partial charge in [0.25, 0.3) is 5.56 Å². The van der Waals surface area contributed by atoms with E-state index in [1.165, 1.54) is 0 Å². The fourth-order valence-corrected chi connectivity index (χ4v) is 2.41. The van der Waals surface area contributed by atoms with Gasteiger partial charge in [-0.05, 0) is 18.2 Å². The van der Waals surface area contributed by atoms with Gasteiger partial charge >= 0.3 is 0 Å². The van der Waals surface area contributed by atoms with Crippen molar-refractivity contribution >= 4 is 17.2 Å². The summed E-state index contributed by atoms with van der Waals surface area (Å²) in [6.07, 6.45) is 4.60. The van der Waals surface area contributed by atoms with E-state index in [2.05, 4.69) is 4.57 Å². The van der Waals surface area contributed by atoms with Crippen molar-refractivity contribution in [3.8, 4) is 0 Å². The molecule has 0 aliphatic carbocycles. The van der Waals surface area contributed by atoms with Crippen LogP contribution in [0.2, 0.25) is 0 Å². The first-order chi connectivity index (χ1) is 9.79. The Hall–Kier alpha value is -2.62. The minimum absolute atomic E-state index is 0.00228. The second-order valence-electron chi connectivity index (χ2n) is 4.64. The van der Waals surface area contributed by atoms with Crippen LogP contribution in [0.3, 0.4) is 0 Å². The van der Waals surface area contributed by atoms with Gasteiger partial charge in [0.1, 0.15) is 0 Å². The number of pyridine rings is 1. The molecule has 1 aromatic carbocycles. The normalized spacial score (nSPS) is 10.8. The predicted octanol–water partition coefficient (Wildman–Crippen LogP) is 2.32. The largest absolute Gasteiger partial charge is 0.346 e. The Kier molecular flexibility index (Phi) is 3.21. The highest BCUT2D eigenvalue weighted by Crippen LogP contribution is 2.19. The van der Waals surface area contributed by atoms with E-state index >= 15 is 0 Å². The van der Waals surface area contributed by atoms with Crippen LogP contribution in [0.25, 0.3) is 10.9 Å². The van der Waals surface area contributed by atoms with Crippen LogP contribution in [-0.2, 0) is 13.1 Å². The second-order valence-corrected chi connectivity index (χ2v) is 4.64. The number of aldehydes is 1. The van der Waals surface area contributed by atoms with E-state index in [0.717, 1.165) is 17.2 Å². The molecule has 0 unspecified atom stereocenters. The van der Waals surface area contributed by atoms with E-state index in [4.69, 9.17) is 0 Å². The van der Waals surface area contributed by atoms with Crippen molar-refractivity contribution in [3.05, 3.63) is 70.8 Å². The quantitative estimate of drug-likeness (QED) is 0.680. The fraction of sp³-hybridized carbons (Fsp3) is 0.125. The molecule has 0 radical (unpaired) electrons. The molecule has 0 N–H and O–H groups in total. The number of benzene rings is 1. The molecule has 0 bridgehead atoms. The van der Waals surface area contributed by atoms with Gasteiger partial charge in [-0.1, -0.05) is 18.2 Å². The molecule has 3 aromatic rings. The Morgan fingerprint density at radius 2 is 1.75 bits per heavy atom. The summed E-state index contributed by atoms with van der Waals surface area (Å²) in [5.74, 6) is 0. The summed E-state index contributed by atoms with van der Waals surface area (Å²) < 4.78 is 3.73. The molecule has 2 aromatic heterocycles. The van der Waals surface area contributed by atoms with Gasteiger partial charge in [0.15, 0.2) is 6.29 Å². The van der Waals surface area contributed by atoms with Crippen LogP contribution < -0.4 is 5.56 Å². The molecule has 0 saturated heterocycles. The smallest absolute Gasteiger partial charge is 0.250 e. The molecule has 20 heavy (non-hydrogen) atoms. The van der Waals surface area contributed by atoms with Crippen LogP contribution in [0, 0.1) is 0 Å². The molecule has 2 heterocycles. The van der Waals surface area contributed by atoms with E-state index in [1.807, 2.05) is 30.5 Å². The van der Waals surface area contributed by atoms with Crippen LogP contribution in [0.4, 0.5) is 0 Å². The highest BCUT2D eigenvalue weighted by Gasteiger charge is 2.05. The van der Waals surface area contributed by atoms with Gasteiger partial charge in [-0.2, -0.15) is 0 Å². The zero-order valence-electron chi connectivity index (χ0n) is 10.9. The van der Waals surface area contributed by atoms with Gasteiger partial charge in [0.2, 0.25) is 0 Å². The predicted molar refractivity (Wildman–Crippen MR) is 78.0 cm³/mol. The molecule has 100 valence electrons. The minimum Gasteiger partial charge on any atom is -0.346 e. The van der Waals surface area contributed by atoms with E-state index < -0.39 is 0 Å². The van der Waals surface area contributed by atoms with Gasteiger partial charge in [0.05, 0.1) is 0 Å². The lowest BCUT2D eigenvalue weighted by Crippen LogP contribution is -2.20. The van der Waals surface area contributed by atoms with Gasteiger partial charge in [-0.15, -0.1) is 0 Å². The van der Waals surface area contributed by atoms with Gasteiger partial charge in [-0.25, -0.2) is 0 Å². The molecule has 0 amide bonds. The van der Waals surface area contributed by atoms with Crippen LogP contribution in [0.1, 0.15) is 10.4 Å². The Labute approximate surface area is 115 Å². The molecule has 0 spiro atoms. The molecule has 0 aliphatic heterocycles. The minimum atomic E-state index is -0.00228. The average molecular weight is 266 g/mol. The maximum absolute atomic E-state index is 11.7. The van der Waals surface area contributed by atoms with Gasteiger partial charge in [0, 0.05) is 48.0 Å². The molecule has 0 saturated carbocycles. The Morgan fingerprint density at radius 3 is 2.55 bits per heavy atom. The topological polar surface area (TPSA) is 44.0 Å². The molecular formula is C16H14N2O2. The number of nitrogens with zero attached hydrogens (tertiary/aromatic N) is 2. The van der Waals surface area contributed by atoms with Gasteiger partial charge in [-0.3, -0.25) is 9.59 Å². The summed E-state index contributed by atoms with van der Waals surface area (Å²) in [7, 11) is 0. The maximum Gasteiger partial charge on any atom is 0.250 e. The molecule has 0 atom stereocenters. The number of hydrogen-bond acceptors (Lipinski definition) is 2. The Bertz CT molecular complexity index is 814. The Morgan fingerprint density at radius 1 is 0.900 bits per heavy atom. The number of hydrogen-bond donors (Lipinski definition) is 0. The van der Waals surface area contributed by atoms with Crippen molar-refractivity contribution in [2.45, 2.75) is 13.1 Å². The lowest BCUT2D eigenvalue weighted by molar-refractivity contribution is 0.112. The average Bonchev–Trinajstić information content (AvgIpc) is 2.89. The standard InChI is InChI=1S/C16H14N2O2/c19-12-13-4-3-5-15-14(13)7-9-17(15)10-11-18-8-2-1-6-16(18)20/h1-9,12H,10-11H2. The molecule has 0 fully saturated rings. The van der Waals surface area contributed by atoms with Crippen molar-refractivity contribution in [2.24, 2.45) is 0 Å². The number of fused-ring (bicyclic) bond motifs is 1. The highest BCUT2D eigenvalue weighted by molar-refractivity contribution is 5.97. The molecule has 4 nitrogen and oxygen atoms in total. The Balaban J connectivity index is 1.91. The number of aryl methyl sites for hydroxylation is 2. The highest BCUT2D eigenvalue weighted by atomic mass is 16.1. The van der Waals surface area contributed by atoms with Crippen molar-refractivity contribution in [1.82, 2.24) is 9.13 Å². The monoisotopic (exact) mass is 266 g/mol. The van der Waals surface area contributed by atoms with E-state index in [0.29, 0.717) is 18.7 Å². The molecule has 0 aliphatic rings. The van der Waals surface area contributed by atoms with E-state index in [-0.39, 0.29) is 5.56 Å². The fourth-order valence-electron chi connectivity index (χ4n) is 2.41. The molecule has 4 heteroatoms. The summed E-state index contributed by atoms with van der Waals surface area (Å²) in [6.45, 7) is 1.30. The van der Waals surface area contributed by atoms with Crippen LogP contribution in [0.5, 0.6) is 0 Å². The molecule has 3 rings (SSSR count). The van der Waals surface area contributed by atoms with Crippen LogP contribution in [-0.4, -0.2) is 15.4 Å². The third kappa shape index (κ3) is 2.16. The van der Waals surface area contributed by atoms with Crippen molar-refractivity contribution in [3.63, 3.8) is 0 Å². The van der Waals surface area contributed by atoms with Gasteiger partial charge < -0.3 is 9.13 Å². The lowest BCUT2D eigenvalue weighted by atomic mass is 10.1. The summed E-state index contributed by atoms with van der Waals surface area (Å²) in [5.41, 5.74) is 1.70. The van der Waals surface area contributed by atoms with Crippen LogP contribution in [0.15, 0.2) is 59.7 Å². The first kappa shape index (κ1) is 12.4. The number of carbonyl (C=O) groups is 1. The maximum atomic E-state index is 11.7. The number of rotatable bonds is 4. The second kappa shape index (κ2) is 5.17. The van der Waals surface area contributed by atoms with Crippen molar-refractivity contribution < 1.29 is 4.79 Å². The SMILES string of the molecule is O=Cc1cccc2c1ccn2CCn1ccccc1=O. The first-order valence-corrected chi connectivity index (χ1v) is 6.48. The first-order valence-electron chi connectivity index (χ1n) is 6.48. The summed E-state index contributed by atoms with van der Waals surface area (Å²) in [6, 6.07) is 12.7. The van der Waals surface area contributed by atoms with Crippen LogP contribution >= 0.6 is 0 Å². The number of carbonyl (C=O) groups excluding carboxylic acids is 1. The third-order valence-electron chi connectivity index (χ3n) is 3.46. The summed E-state index contributed by atoms with van der Waals surface area (Å²) in [5, 5.41) is 0.947. The zero-order valence-corrected chi connectivity index (χ0v) is 10.9. The van der Waals surface area contributed by atoms with Crippen molar-refractivity contribution in [2.75, 3.05) is 0 Å². The third-order valence-corrected chi connectivity index (χ3v) is 3.46. The number of aromatic nitrogens is 2. The van der Waals surface area contributed by atoms with Crippen molar-refractivity contribution in [1.29, 1.82) is 0 Å². The summed E-state index contributed by atoms with van der Waals surface area (Å²) >= 11 is 0. The lowest BCUT2D eigenvalue weighted by Gasteiger charge is -2.08. The molecular weight excluding hydrogens is 252 g/mol. The van der Waals surface area contributed by atoms with E-state index in [1.54, 1.807) is 29.0 Å². The summed E-state index contributed by atoms with van der Waals surface area (Å²) in [4.78, 5) is 22.6. The van der Waals surface area contributed by atoms with E-state index in [9.17, 15) is 9.59 Å². The zero-order chi connectivity index (χ0) is 13.9.